The van der Waals surface area contributed by atoms with Gasteiger partial charge in [0.05, 0.1) is 12.1 Å². The molecule has 1 saturated carbocycles. The maximum atomic E-state index is 11.5. The summed E-state index contributed by atoms with van der Waals surface area (Å²) in [5, 5.41) is 23.0. The van der Waals surface area contributed by atoms with Gasteiger partial charge >= 0.3 is 17.6 Å². The van der Waals surface area contributed by atoms with Crippen LogP contribution in [0.1, 0.15) is 113 Å². The molecule has 0 bridgehead atoms. The Balaban J connectivity index is 1.75. The average Bonchev–Trinajstić information content (AvgIpc) is 3.20. The molecule has 0 saturated heterocycles. The van der Waals surface area contributed by atoms with Gasteiger partial charge in [-0.15, -0.1) is 0 Å². The summed E-state index contributed by atoms with van der Waals surface area (Å²) in [4.78, 5) is 10.2. The van der Waals surface area contributed by atoms with E-state index in [-0.39, 0.29) is 22.9 Å². The molecule has 3 rings (SSSR count). The first-order chi connectivity index (χ1) is 27.5. The molecular weight excluding hydrogens is 805 g/mol. The lowest BCUT2D eigenvalue weighted by molar-refractivity contribution is 0.123. The standard InChI is InChI=1S/C44H74N2O8S2Si2/c1-43(2,3)37-29-33(19-23-55-21-15-25-57(49-7,50-8)51-9)27-35(41(37)47)31-45-39-17-13-14-18-40(39)46-32-36-28-34(30-38(42(36)48)44(4,5)6)20-24-56-22-16-26-58(52-10,53-11)54-12/h27-32,39-40,47-48H,13-26H2,1-12H3/t39-,40-/m1/s1. The van der Waals surface area contributed by atoms with Crippen LogP contribution in [0.3, 0.4) is 0 Å². The normalized spacial score (nSPS) is 17.2. The van der Waals surface area contributed by atoms with Crippen LogP contribution in [0.5, 0.6) is 11.5 Å². The van der Waals surface area contributed by atoms with Crippen molar-refractivity contribution in [1.29, 1.82) is 0 Å². The Bertz CT molecular complexity index is 1470. The fourth-order valence-electron chi connectivity index (χ4n) is 7.34. The molecule has 2 aromatic rings. The van der Waals surface area contributed by atoms with Gasteiger partial charge < -0.3 is 36.8 Å². The van der Waals surface area contributed by atoms with E-state index in [9.17, 15) is 10.2 Å². The van der Waals surface area contributed by atoms with Crippen LogP contribution in [0, 0.1) is 0 Å². The molecule has 2 atom stereocenters. The second-order valence-electron chi connectivity index (χ2n) is 17.2. The molecule has 10 nitrogen and oxygen atoms in total. The van der Waals surface area contributed by atoms with E-state index in [0.717, 1.165) is 109 Å². The Morgan fingerprint density at radius 1 is 0.586 bits per heavy atom. The van der Waals surface area contributed by atoms with Crippen molar-refractivity contribution in [2.45, 2.75) is 128 Å². The van der Waals surface area contributed by atoms with Crippen LogP contribution in [-0.4, -0.2) is 118 Å². The van der Waals surface area contributed by atoms with Crippen molar-refractivity contribution in [1.82, 2.24) is 0 Å². The summed E-state index contributed by atoms with van der Waals surface area (Å²) in [6, 6.07) is 10.1. The zero-order valence-electron chi connectivity index (χ0n) is 37.6. The second-order valence-corrected chi connectivity index (χ2v) is 25.8. The number of aryl methyl sites for hydroxylation is 2. The van der Waals surface area contributed by atoms with Crippen molar-refractivity contribution in [2.24, 2.45) is 9.98 Å². The maximum Gasteiger partial charge on any atom is 0.500 e. The number of hydrogen-bond donors (Lipinski definition) is 2. The van der Waals surface area contributed by atoms with E-state index in [1.807, 2.05) is 36.0 Å². The van der Waals surface area contributed by atoms with Crippen LogP contribution in [0.2, 0.25) is 12.1 Å². The predicted molar refractivity (Wildman–Crippen MR) is 249 cm³/mol. The Labute approximate surface area is 361 Å². The molecule has 58 heavy (non-hydrogen) atoms. The first-order valence-electron chi connectivity index (χ1n) is 20.8. The number of nitrogens with zero attached hydrogens (tertiary/aromatic N) is 2. The summed E-state index contributed by atoms with van der Waals surface area (Å²) in [6.07, 6.45) is 11.5. The maximum absolute atomic E-state index is 11.5. The highest BCUT2D eigenvalue weighted by atomic mass is 32.2. The van der Waals surface area contributed by atoms with Gasteiger partial charge in [0.15, 0.2) is 0 Å². The lowest BCUT2D eigenvalue weighted by atomic mass is 9.83. The van der Waals surface area contributed by atoms with Crippen LogP contribution in [0.4, 0.5) is 0 Å². The van der Waals surface area contributed by atoms with Crippen LogP contribution in [0.15, 0.2) is 34.3 Å². The number of benzene rings is 2. The Kier molecular flexibility index (Phi) is 21.0. The van der Waals surface area contributed by atoms with Gasteiger partial charge in [0.2, 0.25) is 0 Å². The number of phenolic OH excluding ortho intramolecular Hbond substituents is 2. The van der Waals surface area contributed by atoms with Gasteiger partial charge in [-0.05, 0) is 95.6 Å². The molecule has 1 aliphatic rings. The van der Waals surface area contributed by atoms with E-state index in [4.69, 9.17) is 36.5 Å². The van der Waals surface area contributed by atoms with Crippen LogP contribution >= 0.6 is 23.5 Å². The molecule has 328 valence electrons. The van der Waals surface area contributed by atoms with Gasteiger partial charge in [-0.2, -0.15) is 23.5 Å². The smallest absolute Gasteiger partial charge is 0.500 e. The minimum atomic E-state index is -2.55. The molecule has 0 amide bonds. The van der Waals surface area contributed by atoms with Gasteiger partial charge in [-0.25, -0.2) is 0 Å². The molecule has 14 heteroatoms. The monoisotopic (exact) mass is 878 g/mol. The molecule has 0 spiro atoms. The van der Waals surface area contributed by atoms with Gasteiger partial charge in [0.25, 0.3) is 0 Å². The van der Waals surface area contributed by atoms with Crippen LogP contribution in [-0.2, 0) is 50.2 Å². The predicted octanol–water partition coefficient (Wildman–Crippen LogP) is 9.63. The molecule has 1 aliphatic carbocycles. The summed E-state index contributed by atoms with van der Waals surface area (Å²) >= 11 is 3.82. The molecule has 0 aromatic heterocycles. The van der Waals surface area contributed by atoms with E-state index in [1.165, 1.54) is 11.1 Å². The third kappa shape index (κ3) is 15.0. The summed E-state index contributed by atoms with van der Waals surface area (Å²) in [5.74, 6) is 4.52. The summed E-state index contributed by atoms with van der Waals surface area (Å²) in [6.45, 7) is 12.8. The molecule has 2 N–H and O–H groups in total. The minimum Gasteiger partial charge on any atom is -0.507 e. The largest absolute Gasteiger partial charge is 0.507 e. The summed E-state index contributed by atoms with van der Waals surface area (Å²) in [7, 11) is 4.86. The number of rotatable bonds is 24. The zero-order valence-corrected chi connectivity index (χ0v) is 41.2. The van der Waals surface area contributed by atoms with E-state index < -0.39 is 17.6 Å². The van der Waals surface area contributed by atoms with Crippen molar-refractivity contribution in [3.8, 4) is 11.5 Å². The van der Waals surface area contributed by atoms with E-state index in [2.05, 4.69) is 65.8 Å². The molecular formula is C44H74N2O8S2Si2. The Hall–Kier alpha value is -1.73. The van der Waals surface area contributed by atoms with E-state index >= 15 is 0 Å². The van der Waals surface area contributed by atoms with Crippen molar-refractivity contribution in [3.63, 3.8) is 0 Å². The van der Waals surface area contributed by atoms with Crippen molar-refractivity contribution in [2.75, 3.05) is 65.7 Å². The highest BCUT2D eigenvalue weighted by Crippen LogP contribution is 2.36. The van der Waals surface area contributed by atoms with E-state index in [1.54, 1.807) is 42.7 Å². The molecule has 2 aromatic carbocycles. The number of hydrogen-bond acceptors (Lipinski definition) is 12. The number of phenols is 2. The van der Waals surface area contributed by atoms with Gasteiger partial charge in [0, 0.05) is 89.4 Å². The SMILES string of the molecule is CO[Si](CCCSCCc1cc(C=N[C@@H]2CCCC[C@H]2N=Cc2cc(CCSCCC[Si](OC)(OC)OC)cc(C(C)(C)C)c2O)c(O)c(C(C)(C)C)c1)(OC)OC. The van der Waals surface area contributed by atoms with Crippen LogP contribution < -0.4 is 0 Å². The molecule has 0 heterocycles. The Morgan fingerprint density at radius 2 is 0.931 bits per heavy atom. The molecule has 1 fully saturated rings. The lowest BCUT2D eigenvalue weighted by Crippen LogP contribution is -2.42. The van der Waals surface area contributed by atoms with Crippen molar-refractivity contribution in [3.05, 3.63) is 57.6 Å². The number of thioether (sulfide) groups is 2. The van der Waals surface area contributed by atoms with Crippen molar-refractivity contribution < 1.29 is 36.8 Å². The fourth-order valence-corrected chi connectivity index (χ4v) is 13.2. The van der Waals surface area contributed by atoms with E-state index in [0.29, 0.717) is 11.5 Å². The third-order valence-electron chi connectivity index (χ3n) is 11.0. The molecule has 0 unspecified atom stereocenters. The van der Waals surface area contributed by atoms with Crippen molar-refractivity contribution >= 4 is 53.6 Å². The lowest BCUT2D eigenvalue weighted by Gasteiger charge is -2.26. The zero-order chi connectivity index (χ0) is 43.0. The van der Waals surface area contributed by atoms with Crippen LogP contribution in [0.25, 0.3) is 0 Å². The van der Waals surface area contributed by atoms with Gasteiger partial charge in [0.1, 0.15) is 11.5 Å². The first kappa shape index (κ1) is 50.6. The fraction of sp³-hybridized carbons (Fsp3) is 0.682. The minimum absolute atomic E-state index is 0.0106. The van der Waals surface area contributed by atoms with Gasteiger partial charge in [-0.1, -0.05) is 66.5 Å². The highest BCUT2D eigenvalue weighted by molar-refractivity contribution is 7.99. The summed E-state index contributed by atoms with van der Waals surface area (Å²) < 4.78 is 33.4. The topological polar surface area (TPSA) is 121 Å². The number of aliphatic imine (C=N–C) groups is 2. The second kappa shape index (κ2) is 24.1. The highest BCUT2D eigenvalue weighted by Gasteiger charge is 2.37. The molecule has 0 radical (unpaired) electrons. The number of aromatic hydroxyl groups is 2. The third-order valence-corrected chi connectivity index (χ3v) is 18.8. The molecule has 0 aliphatic heterocycles. The summed E-state index contributed by atoms with van der Waals surface area (Å²) in [5.41, 5.74) is 5.31. The van der Waals surface area contributed by atoms with Gasteiger partial charge in [-0.3, -0.25) is 9.98 Å². The first-order valence-corrected chi connectivity index (χ1v) is 26.9. The quantitative estimate of drug-likeness (QED) is 0.0600. The Morgan fingerprint density at radius 3 is 1.24 bits per heavy atom. The average molecular weight is 879 g/mol.